The normalized spacial score (nSPS) is 25.6. The molecule has 29 heavy (non-hydrogen) atoms. The van der Waals surface area contributed by atoms with Gasteiger partial charge in [-0.05, 0) is 49.1 Å². The van der Waals surface area contributed by atoms with Crippen molar-refractivity contribution in [1.82, 2.24) is 5.32 Å². The first-order chi connectivity index (χ1) is 13.9. The Morgan fingerprint density at radius 3 is 2.76 bits per heavy atom. The van der Waals surface area contributed by atoms with Crippen molar-refractivity contribution in [2.45, 2.75) is 52.0 Å². The van der Waals surface area contributed by atoms with E-state index in [1.54, 1.807) is 7.05 Å². The number of nitrogens with one attached hydrogen (secondary N) is 2. The predicted octanol–water partition coefficient (Wildman–Crippen LogP) is 4.03. The van der Waals surface area contributed by atoms with Gasteiger partial charge in [-0.3, -0.25) is 9.59 Å². The van der Waals surface area contributed by atoms with Gasteiger partial charge >= 0.3 is 0 Å². The van der Waals surface area contributed by atoms with Gasteiger partial charge in [-0.25, -0.2) is 0 Å². The lowest BCUT2D eigenvalue weighted by Gasteiger charge is -2.41. The molecule has 0 bridgehead atoms. The van der Waals surface area contributed by atoms with Crippen molar-refractivity contribution in [3.8, 4) is 0 Å². The molecule has 5 nitrogen and oxygen atoms in total. The molecule has 1 heterocycles. The molecule has 0 spiro atoms. The maximum absolute atomic E-state index is 13.5. The molecule has 0 unspecified atom stereocenters. The van der Waals surface area contributed by atoms with E-state index in [4.69, 9.17) is 0 Å². The zero-order valence-corrected chi connectivity index (χ0v) is 17.6. The van der Waals surface area contributed by atoms with Crippen molar-refractivity contribution in [3.05, 3.63) is 47.7 Å². The second-order valence-corrected chi connectivity index (χ2v) is 9.27. The number of carbonyl (C=O) groups excluding carboxylic acids is 2. The number of para-hydroxylation sites is 2. The quantitative estimate of drug-likeness (QED) is 0.761. The lowest BCUT2D eigenvalue weighted by Crippen LogP contribution is -2.49. The Hall–Kier alpha value is -2.56. The van der Waals surface area contributed by atoms with Crippen LogP contribution in [0.3, 0.4) is 0 Å². The summed E-state index contributed by atoms with van der Waals surface area (Å²) in [6.45, 7) is 4.56. The summed E-state index contributed by atoms with van der Waals surface area (Å²) in [6, 6.07) is 8.03. The molecule has 0 fully saturated rings. The first-order valence-corrected chi connectivity index (χ1v) is 10.6. The Kier molecular flexibility index (Phi) is 5.24. The van der Waals surface area contributed by atoms with Gasteiger partial charge in [0.15, 0.2) is 5.78 Å². The molecule has 1 aromatic rings. The van der Waals surface area contributed by atoms with E-state index in [1.807, 2.05) is 18.2 Å². The van der Waals surface area contributed by atoms with Gasteiger partial charge in [0.25, 0.3) is 0 Å². The molecule has 2 N–H and O–H groups in total. The fourth-order valence-electron chi connectivity index (χ4n) is 5.10. The SMILES string of the molecule is CNC(=O)CN1c2ccccc2NC2=C(C(=O)CC(C)(C)C2)[C@H]1[C@@H]1CC=CCC1. The lowest BCUT2D eigenvalue weighted by molar-refractivity contribution is -0.120. The largest absolute Gasteiger partial charge is 0.358 e. The van der Waals surface area contributed by atoms with Crippen LogP contribution in [-0.4, -0.2) is 31.3 Å². The third-order valence-electron chi connectivity index (χ3n) is 6.40. The summed E-state index contributed by atoms with van der Waals surface area (Å²) < 4.78 is 0. The van der Waals surface area contributed by atoms with Gasteiger partial charge in [0.2, 0.25) is 5.91 Å². The zero-order valence-electron chi connectivity index (χ0n) is 17.6. The summed E-state index contributed by atoms with van der Waals surface area (Å²) in [5.41, 5.74) is 3.84. The van der Waals surface area contributed by atoms with E-state index in [1.165, 1.54) is 0 Å². The molecule has 154 valence electrons. The van der Waals surface area contributed by atoms with E-state index in [0.29, 0.717) is 12.3 Å². The number of hydrogen-bond acceptors (Lipinski definition) is 4. The number of carbonyl (C=O) groups is 2. The minimum absolute atomic E-state index is 0.0382. The number of nitrogens with zero attached hydrogens (tertiary/aromatic N) is 1. The Morgan fingerprint density at radius 1 is 1.24 bits per heavy atom. The molecule has 5 heteroatoms. The van der Waals surface area contributed by atoms with Crippen molar-refractivity contribution >= 4 is 23.1 Å². The molecule has 4 rings (SSSR count). The Morgan fingerprint density at radius 2 is 2.03 bits per heavy atom. The smallest absolute Gasteiger partial charge is 0.239 e. The first-order valence-electron chi connectivity index (χ1n) is 10.6. The fraction of sp³-hybridized carbons (Fsp3) is 0.500. The second-order valence-electron chi connectivity index (χ2n) is 9.27. The maximum atomic E-state index is 13.5. The lowest BCUT2D eigenvalue weighted by atomic mass is 9.71. The van der Waals surface area contributed by atoms with Gasteiger partial charge in [0.05, 0.1) is 24.0 Å². The Balaban J connectivity index is 1.89. The summed E-state index contributed by atoms with van der Waals surface area (Å²) in [5.74, 6) is 0.495. The maximum Gasteiger partial charge on any atom is 0.239 e. The molecule has 2 atom stereocenters. The number of amides is 1. The molecular weight excluding hydrogens is 362 g/mol. The minimum atomic E-state index is -0.0907. The van der Waals surface area contributed by atoms with Gasteiger partial charge in [0, 0.05) is 24.7 Å². The van der Waals surface area contributed by atoms with Crippen LogP contribution in [0.4, 0.5) is 11.4 Å². The van der Waals surface area contributed by atoms with Gasteiger partial charge < -0.3 is 15.5 Å². The number of ketones is 1. The molecule has 0 radical (unpaired) electrons. The van der Waals surface area contributed by atoms with Crippen molar-refractivity contribution in [2.24, 2.45) is 11.3 Å². The molecule has 3 aliphatic rings. The van der Waals surface area contributed by atoms with E-state index < -0.39 is 0 Å². The van der Waals surface area contributed by atoms with Crippen molar-refractivity contribution in [1.29, 1.82) is 0 Å². The molecule has 1 aromatic carbocycles. The summed E-state index contributed by atoms with van der Waals surface area (Å²) in [4.78, 5) is 28.1. The number of rotatable bonds is 3. The average Bonchev–Trinajstić information content (AvgIpc) is 2.82. The van der Waals surface area contributed by atoms with Crippen LogP contribution in [0.15, 0.2) is 47.7 Å². The molecular formula is C24H31N3O2. The van der Waals surface area contributed by atoms with Crippen LogP contribution in [0.25, 0.3) is 0 Å². The highest BCUT2D eigenvalue weighted by Gasteiger charge is 2.43. The van der Waals surface area contributed by atoms with Crippen LogP contribution in [0.2, 0.25) is 0 Å². The summed E-state index contributed by atoms with van der Waals surface area (Å²) >= 11 is 0. The fourth-order valence-corrected chi connectivity index (χ4v) is 5.10. The van der Waals surface area contributed by atoms with Crippen LogP contribution in [0.1, 0.15) is 46.0 Å². The van der Waals surface area contributed by atoms with Gasteiger partial charge in [-0.1, -0.05) is 38.1 Å². The monoisotopic (exact) mass is 393 g/mol. The number of hydrogen-bond donors (Lipinski definition) is 2. The third kappa shape index (κ3) is 3.83. The van der Waals surface area contributed by atoms with E-state index in [0.717, 1.165) is 48.3 Å². The van der Waals surface area contributed by atoms with Crippen LogP contribution in [-0.2, 0) is 9.59 Å². The van der Waals surface area contributed by atoms with Gasteiger partial charge in [0.1, 0.15) is 0 Å². The molecule has 2 aliphatic carbocycles. The van der Waals surface area contributed by atoms with Crippen molar-refractivity contribution in [2.75, 3.05) is 23.8 Å². The average molecular weight is 394 g/mol. The second kappa shape index (κ2) is 7.69. The zero-order chi connectivity index (χ0) is 20.6. The number of benzene rings is 1. The molecule has 1 aliphatic heterocycles. The summed E-state index contributed by atoms with van der Waals surface area (Å²) in [7, 11) is 1.67. The van der Waals surface area contributed by atoms with E-state index in [9.17, 15) is 9.59 Å². The van der Waals surface area contributed by atoms with Crippen molar-refractivity contribution < 1.29 is 9.59 Å². The number of allylic oxidation sites excluding steroid dienone is 3. The molecule has 0 aromatic heterocycles. The Bertz CT molecular complexity index is 884. The van der Waals surface area contributed by atoms with Gasteiger partial charge in [-0.2, -0.15) is 0 Å². The van der Waals surface area contributed by atoms with E-state index in [2.05, 4.69) is 47.6 Å². The topological polar surface area (TPSA) is 61.4 Å². The summed E-state index contributed by atoms with van der Waals surface area (Å²) in [6.07, 6.45) is 8.83. The summed E-state index contributed by atoms with van der Waals surface area (Å²) in [5, 5.41) is 6.37. The highest BCUT2D eigenvalue weighted by atomic mass is 16.2. The minimum Gasteiger partial charge on any atom is -0.358 e. The standard InChI is InChI=1S/C24H31N3O2/c1-24(2)13-18-22(20(28)14-24)23(16-9-5-4-6-10-16)27(15-21(29)25-3)19-12-8-7-11-17(19)26-18/h4-5,7-8,11-12,16,23,26H,6,9-10,13-15H2,1-3H3,(H,25,29)/t16-,23-/m1/s1. The number of anilines is 2. The molecule has 0 saturated heterocycles. The Labute approximate surface area is 173 Å². The highest BCUT2D eigenvalue weighted by molar-refractivity contribution is 6.01. The van der Waals surface area contributed by atoms with Crippen LogP contribution in [0, 0.1) is 11.3 Å². The first kappa shape index (κ1) is 19.7. The third-order valence-corrected chi connectivity index (χ3v) is 6.40. The molecule has 1 amide bonds. The van der Waals surface area contributed by atoms with E-state index >= 15 is 0 Å². The highest BCUT2D eigenvalue weighted by Crippen LogP contribution is 2.46. The van der Waals surface area contributed by atoms with Gasteiger partial charge in [-0.15, -0.1) is 0 Å². The van der Waals surface area contributed by atoms with Crippen molar-refractivity contribution in [3.63, 3.8) is 0 Å². The van der Waals surface area contributed by atoms with Crippen LogP contribution in [0.5, 0.6) is 0 Å². The number of likely N-dealkylation sites (N-methyl/N-ethyl adjacent to an activating group) is 1. The van der Waals surface area contributed by atoms with E-state index in [-0.39, 0.29) is 29.7 Å². The van der Waals surface area contributed by atoms with Crippen LogP contribution < -0.4 is 15.5 Å². The predicted molar refractivity (Wildman–Crippen MR) is 117 cm³/mol. The molecule has 0 saturated carbocycles. The van der Waals surface area contributed by atoms with Crippen LogP contribution >= 0.6 is 0 Å². The number of fused-ring (bicyclic) bond motifs is 1. The number of Topliss-reactive ketones (excluding diaryl/α,β-unsaturated/α-hetero) is 1.